The number of aromatic nitrogens is 2. The molecule has 6 rings (SSSR count). The minimum atomic E-state index is -0.776. The van der Waals surface area contributed by atoms with Gasteiger partial charge in [0.1, 0.15) is 11.6 Å². The second kappa shape index (κ2) is 11.9. The summed E-state index contributed by atoms with van der Waals surface area (Å²) in [4.78, 5) is 17.6. The number of aliphatic hydroxyl groups excluding tert-OH is 1. The summed E-state index contributed by atoms with van der Waals surface area (Å²) < 4.78 is 17.1. The van der Waals surface area contributed by atoms with E-state index in [0.29, 0.717) is 18.5 Å². The first-order chi connectivity index (χ1) is 20.1. The van der Waals surface area contributed by atoms with E-state index in [1.165, 1.54) is 12.1 Å². The quantitative estimate of drug-likeness (QED) is 0.212. The van der Waals surface area contributed by atoms with Crippen LogP contribution in [0.4, 0.5) is 4.39 Å². The lowest BCUT2D eigenvalue weighted by atomic mass is 10.0. The molecule has 0 radical (unpaired) electrons. The average molecular weight is 547 g/mol. The van der Waals surface area contributed by atoms with Gasteiger partial charge in [-0.05, 0) is 39.9 Å². The summed E-state index contributed by atoms with van der Waals surface area (Å²) in [7, 11) is 0. The molecule has 0 saturated heterocycles. The van der Waals surface area contributed by atoms with Crippen LogP contribution in [-0.2, 0) is 19.5 Å². The second-order valence-corrected chi connectivity index (χ2v) is 10.3. The van der Waals surface area contributed by atoms with E-state index < -0.39 is 23.9 Å². The van der Waals surface area contributed by atoms with E-state index in [-0.39, 0.29) is 5.56 Å². The van der Waals surface area contributed by atoms with Crippen LogP contribution in [-0.4, -0.2) is 33.2 Å². The van der Waals surface area contributed by atoms with Gasteiger partial charge in [-0.2, -0.15) is 0 Å². The molecule has 1 heterocycles. The molecule has 0 saturated carbocycles. The molecule has 6 nitrogen and oxygen atoms in total. The molecule has 1 aliphatic carbocycles. The molecule has 0 bridgehead atoms. The molecule has 1 amide bonds. The van der Waals surface area contributed by atoms with Crippen LogP contribution in [0.1, 0.15) is 33.1 Å². The van der Waals surface area contributed by atoms with Crippen molar-refractivity contribution in [3.8, 4) is 22.5 Å². The molecule has 0 aliphatic heterocycles. The Balaban J connectivity index is 1.09. The largest absolute Gasteiger partial charge is 0.390 e. The van der Waals surface area contributed by atoms with E-state index in [2.05, 4.69) is 32.3 Å². The van der Waals surface area contributed by atoms with Crippen LogP contribution in [0.2, 0.25) is 0 Å². The number of hydrogen-bond acceptors (Lipinski definition) is 4. The Morgan fingerprint density at radius 2 is 1.68 bits per heavy atom. The zero-order valence-electron chi connectivity index (χ0n) is 22.5. The maximum Gasteiger partial charge on any atom is 0.254 e. The molecular weight excluding hydrogens is 515 g/mol. The van der Waals surface area contributed by atoms with Gasteiger partial charge in [0.25, 0.3) is 5.91 Å². The number of carbonyl (C=O) groups excluding carboxylic acids is 1. The van der Waals surface area contributed by atoms with E-state index in [9.17, 15) is 14.3 Å². The SMILES string of the molecule is O=C(N[C@@H]1c2cc(CNCCn3ccnc3-c3ccccc3)ccc2C[C@H]1O)c1ccc(-c2ccccc2)cc1F. The van der Waals surface area contributed by atoms with Gasteiger partial charge in [-0.25, -0.2) is 9.37 Å². The van der Waals surface area contributed by atoms with Gasteiger partial charge in [-0.15, -0.1) is 0 Å². The number of nitrogens with one attached hydrogen (secondary N) is 2. The zero-order valence-corrected chi connectivity index (χ0v) is 22.5. The molecule has 1 aromatic heterocycles. The standard InChI is InChI=1S/C34H31FN4O2/c35-30-20-26(24-7-3-1-4-8-24)13-14-28(30)34(41)38-32-29-19-23(11-12-27(29)21-31(32)40)22-36-15-17-39-18-16-37-33(39)25-9-5-2-6-10-25/h1-14,16,18-20,31-32,36,40H,15,17,21-22H2,(H,38,41)/t31-,32-/m1/s1. The highest BCUT2D eigenvalue weighted by molar-refractivity contribution is 5.95. The molecule has 2 atom stereocenters. The maximum atomic E-state index is 15.0. The molecule has 1 aliphatic rings. The molecule has 4 aromatic carbocycles. The Hall–Kier alpha value is -4.59. The number of nitrogens with zero attached hydrogens (tertiary/aromatic N) is 2. The second-order valence-electron chi connectivity index (χ2n) is 10.3. The highest BCUT2D eigenvalue weighted by Gasteiger charge is 2.33. The Labute approximate surface area is 238 Å². The van der Waals surface area contributed by atoms with Crippen molar-refractivity contribution in [1.29, 1.82) is 0 Å². The first kappa shape index (κ1) is 26.6. The minimum absolute atomic E-state index is 0.0440. The number of imidazole rings is 1. The molecule has 206 valence electrons. The molecule has 3 N–H and O–H groups in total. The summed E-state index contributed by atoms with van der Waals surface area (Å²) >= 11 is 0. The summed E-state index contributed by atoms with van der Waals surface area (Å²) in [5.74, 6) is -0.205. The highest BCUT2D eigenvalue weighted by Crippen LogP contribution is 2.33. The Bertz CT molecular complexity index is 1650. The summed E-state index contributed by atoms with van der Waals surface area (Å²) in [5, 5.41) is 17.1. The number of halogens is 1. The van der Waals surface area contributed by atoms with E-state index in [1.807, 2.05) is 79.1 Å². The number of hydrogen-bond donors (Lipinski definition) is 3. The van der Waals surface area contributed by atoms with E-state index in [0.717, 1.165) is 46.7 Å². The Morgan fingerprint density at radius 3 is 2.44 bits per heavy atom. The van der Waals surface area contributed by atoms with Crippen LogP contribution < -0.4 is 10.6 Å². The van der Waals surface area contributed by atoms with Gasteiger partial charge in [0, 0.05) is 44.0 Å². The van der Waals surface area contributed by atoms with Crippen LogP contribution in [0.25, 0.3) is 22.5 Å². The smallest absolute Gasteiger partial charge is 0.254 e. The summed E-state index contributed by atoms with van der Waals surface area (Å²) in [6.45, 7) is 2.14. The van der Waals surface area contributed by atoms with Gasteiger partial charge in [0.05, 0.1) is 17.7 Å². The maximum absolute atomic E-state index is 15.0. The fourth-order valence-corrected chi connectivity index (χ4v) is 5.45. The van der Waals surface area contributed by atoms with Gasteiger partial charge >= 0.3 is 0 Å². The van der Waals surface area contributed by atoms with Crippen LogP contribution in [0.5, 0.6) is 0 Å². The van der Waals surface area contributed by atoms with Gasteiger partial charge in [0.2, 0.25) is 0 Å². The average Bonchev–Trinajstić information content (AvgIpc) is 3.60. The van der Waals surface area contributed by atoms with Crippen molar-refractivity contribution in [3.05, 3.63) is 138 Å². The molecule has 41 heavy (non-hydrogen) atoms. The number of rotatable bonds is 9. The predicted molar refractivity (Wildman–Crippen MR) is 158 cm³/mol. The molecular formula is C34H31FN4O2. The normalized spacial score (nSPS) is 16.0. The van der Waals surface area contributed by atoms with Crippen LogP contribution in [0.3, 0.4) is 0 Å². The van der Waals surface area contributed by atoms with Crippen molar-refractivity contribution in [1.82, 2.24) is 20.2 Å². The molecule has 7 heteroatoms. The van der Waals surface area contributed by atoms with Crippen molar-refractivity contribution >= 4 is 5.91 Å². The lowest BCUT2D eigenvalue weighted by Gasteiger charge is -2.19. The lowest BCUT2D eigenvalue weighted by molar-refractivity contribution is 0.0854. The molecule has 5 aromatic rings. The zero-order chi connectivity index (χ0) is 28.2. The number of fused-ring (bicyclic) bond motifs is 1. The minimum Gasteiger partial charge on any atom is -0.390 e. The van der Waals surface area contributed by atoms with E-state index in [1.54, 1.807) is 6.07 Å². The van der Waals surface area contributed by atoms with Crippen LogP contribution in [0.15, 0.2) is 109 Å². The first-order valence-corrected chi connectivity index (χ1v) is 13.8. The summed E-state index contributed by atoms with van der Waals surface area (Å²) in [6, 6.07) is 29.6. The summed E-state index contributed by atoms with van der Waals surface area (Å²) in [5.41, 5.74) is 5.51. The van der Waals surface area contributed by atoms with Crippen molar-refractivity contribution < 1.29 is 14.3 Å². The van der Waals surface area contributed by atoms with Crippen LogP contribution >= 0.6 is 0 Å². The number of benzene rings is 4. The third-order valence-electron chi connectivity index (χ3n) is 7.57. The number of aliphatic hydroxyl groups is 1. The number of carbonyl (C=O) groups is 1. The Morgan fingerprint density at radius 1 is 0.927 bits per heavy atom. The predicted octanol–water partition coefficient (Wildman–Crippen LogP) is 5.53. The lowest BCUT2D eigenvalue weighted by Crippen LogP contribution is -2.34. The fraction of sp³-hybridized carbons (Fsp3) is 0.176. The van der Waals surface area contributed by atoms with Crippen molar-refractivity contribution in [2.45, 2.75) is 31.7 Å². The monoisotopic (exact) mass is 546 g/mol. The van der Waals surface area contributed by atoms with Crippen molar-refractivity contribution in [2.24, 2.45) is 0 Å². The highest BCUT2D eigenvalue weighted by atomic mass is 19.1. The van der Waals surface area contributed by atoms with Gasteiger partial charge < -0.3 is 20.3 Å². The third kappa shape index (κ3) is 5.82. The van der Waals surface area contributed by atoms with E-state index >= 15 is 0 Å². The van der Waals surface area contributed by atoms with E-state index in [4.69, 9.17) is 0 Å². The topological polar surface area (TPSA) is 79.2 Å². The summed E-state index contributed by atoms with van der Waals surface area (Å²) in [6.07, 6.45) is 3.45. The molecule has 0 spiro atoms. The molecule has 0 fully saturated rings. The van der Waals surface area contributed by atoms with Gasteiger partial charge in [-0.1, -0.05) is 84.9 Å². The van der Waals surface area contributed by atoms with Gasteiger partial charge in [-0.3, -0.25) is 4.79 Å². The van der Waals surface area contributed by atoms with Gasteiger partial charge in [0.15, 0.2) is 0 Å². The fourth-order valence-electron chi connectivity index (χ4n) is 5.45. The Kier molecular flexibility index (Phi) is 7.71. The third-order valence-corrected chi connectivity index (χ3v) is 7.57. The number of amides is 1. The van der Waals surface area contributed by atoms with Crippen LogP contribution in [0, 0.1) is 5.82 Å². The van der Waals surface area contributed by atoms with Crippen molar-refractivity contribution in [3.63, 3.8) is 0 Å². The first-order valence-electron chi connectivity index (χ1n) is 13.8. The van der Waals surface area contributed by atoms with Crippen molar-refractivity contribution in [2.75, 3.05) is 6.54 Å². The molecule has 0 unspecified atom stereocenters.